The second kappa shape index (κ2) is 7.80. The summed E-state index contributed by atoms with van der Waals surface area (Å²) in [5, 5.41) is 14.6. The number of benzene rings is 1. The highest BCUT2D eigenvalue weighted by atomic mass is 79.9. The Labute approximate surface area is 122 Å². The number of nitriles is 1. The van der Waals surface area contributed by atoms with E-state index in [0.717, 1.165) is 16.6 Å². The van der Waals surface area contributed by atoms with E-state index in [9.17, 15) is 4.79 Å². The van der Waals surface area contributed by atoms with Crippen molar-refractivity contribution in [2.75, 3.05) is 18.4 Å². The Balaban J connectivity index is 2.40. The van der Waals surface area contributed by atoms with Crippen LogP contribution in [0, 0.1) is 17.2 Å². The van der Waals surface area contributed by atoms with E-state index in [1.807, 2.05) is 0 Å². The van der Waals surface area contributed by atoms with E-state index in [1.165, 1.54) is 0 Å². The minimum atomic E-state index is -0.0306. The van der Waals surface area contributed by atoms with Crippen LogP contribution in [0.25, 0.3) is 0 Å². The van der Waals surface area contributed by atoms with Gasteiger partial charge in [-0.15, -0.1) is 0 Å². The molecule has 0 aliphatic heterocycles. The maximum atomic E-state index is 11.6. The molecule has 0 radical (unpaired) electrons. The fourth-order valence-electron chi connectivity index (χ4n) is 1.47. The van der Waals surface area contributed by atoms with Gasteiger partial charge in [0.15, 0.2) is 0 Å². The molecule has 1 rings (SSSR count). The fourth-order valence-corrected chi connectivity index (χ4v) is 1.99. The second-order valence-electron chi connectivity index (χ2n) is 4.69. The van der Waals surface area contributed by atoms with Gasteiger partial charge in [0.2, 0.25) is 5.91 Å². The second-order valence-corrected chi connectivity index (χ2v) is 5.55. The first-order valence-electron chi connectivity index (χ1n) is 6.23. The Hall–Kier alpha value is -1.54. The van der Waals surface area contributed by atoms with Gasteiger partial charge in [0.1, 0.15) is 0 Å². The summed E-state index contributed by atoms with van der Waals surface area (Å²) >= 11 is 3.36. The molecule has 0 saturated heterocycles. The standard InChI is InChI=1S/C14H18BrN3O/c1-10(2)5-6-17-14(19)9-18-13-4-3-11(8-16)7-12(13)15/h3-4,7,10,18H,5-6,9H2,1-2H3,(H,17,19). The molecule has 2 N–H and O–H groups in total. The molecule has 1 aromatic carbocycles. The van der Waals surface area contributed by atoms with Gasteiger partial charge in [0, 0.05) is 16.7 Å². The van der Waals surface area contributed by atoms with Gasteiger partial charge >= 0.3 is 0 Å². The summed E-state index contributed by atoms with van der Waals surface area (Å²) in [5.41, 5.74) is 1.39. The lowest BCUT2D eigenvalue weighted by Gasteiger charge is -2.10. The van der Waals surface area contributed by atoms with Crippen LogP contribution in [0.3, 0.4) is 0 Å². The largest absolute Gasteiger partial charge is 0.375 e. The van der Waals surface area contributed by atoms with E-state index in [4.69, 9.17) is 5.26 Å². The summed E-state index contributed by atoms with van der Waals surface area (Å²) in [5.74, 6) is 0.554. The van der Waals surface area contributed by atoms with E-state index in [-0.39, 0.29) is 12.5 Å². The van der Waals surface area contributed by atoms with Crippen LogP contribution in [0.5, 0.6) is 0 Å². The summed E-state index contributed by atoms with van der Waals surface area (Å²) in [6.07, 6.45) is 0.978. The normalized spacial score (nSPS) is 10.1. The maximum Gasteiger partial charge on any atom is 0.239 e. The Bertz CT molecular complexity index is 480. The van der Waals surface area contributed by atoms with Crippen molar-refractivity contribution in [3.8, 4) is 6.07 Å². The topological polar surface area (TPSA) is 64.9 Å². The Morgan fingerprint density at radius 1 is 1.47 bits per heavy atom. The Morgan fingerprint density at radius 2 is 2.21 bits per heavy atom. The van der Waals surface area contributed by atoms with Gasteiger partial charge in [-0.2, -0.15) is 5.26 Å². The van der Waals surface area contributed by atoms with Crippen molar-refractivity contribution in [2.45, 2.75) is 20.3 Å². The van der Waals surface area contributed by atoms with Crippen molar-refractivity contribution in [1.82, 2.24) is 5.32 Å². The third-order valence-electron chi connectivity index (χ3n) is 2.58. The molecule has 0 aliphatic rings. The first kappa shape index (κ1) is 15.5. The summed E-state index contributed by atoms with van der Waals surface area (Å²) < 4.78 is 0.779. The Kier molecular flexibility index (Phi) is 6.37. The van der Waals surface area contributed by atoms with E-state index in [0.29, 0.717) is 18.0 Å². The number of hydrogen-bond acceptors (Lipinski definition) is 3. The summed E-state index contributed by atoms with van der Waals surface area (Å²) in [7, 11) is 0. The lowest BCUT2D eigenvalue weighted by molar-refractivity contribution is -0.119. The summed E-state index contributed by atoms with van der Waals surface area (Å²) in [4.78, 5) is 11.6. The van der Waals surface area contributed by atoms with Crippen LogP contribution in [0.1, 0.15) is 25.8 Å². The molecular formula is C14H18BrN3O. The van der Waals surface area contributed by atoms with Crippen molar-refractivity contribution in [3.05, 3.63) is 28.2 Å². The van der Waals surface area contributed by atoms with Gasteiger partial charge in [-0.05, 0) is 46.5 Å². The van der Waals surface area contributed by atoms with Gasteiger partial charge in [0.05, 0.1) is 18.2 Å². The van der Waals surface area contributed by atoms with E-state index >= 15 is 0 Å². The van der Waals surface area contributed by atoms with Crippen molar-refractivity contribution >= 4 is 27.5 Å². The number of amides is 1. The lowest BCUT2D eigenvalue weighted by atomic mass is 10.1. The zero-order valence-electron chi connectivity index (χ0n) is 11.2. The van der Waals surface area contributed by atoms with Crippen LogP contribution in [-0.2, 0) is 4.79 Å². The lowest BCUT2D eigenvalue weighted by Crippen LogP contribution is -2.31. The third-order valence-corrected chi connectivity index (χ3v) is 3.24. The first-order chi connectivity index (χ1) is 9.02. The number of nitrogens with one attached hydrogen (secondary N) is 2. The van der Waals surface area contributed by atoms with Crippen LogP contribution in [0.15, 0.2) is 22.7 Å². The highest BCUT2D eigenvalue weighted by Gasteiger charge is 2.04. The van der Waals surface area contributed by atoms with E-state index < -0.39 is 0 Å². The van der Waals surface area contributed by atoms with Crippen LogP contribution in [0.4, 0.5) is 5.69 Å². The van der Waals surface area contributed by atoms with Gasteiger partial charge < -0.3 is 10.6 Å². The number of carbonyl (C=O) groups is 1. The van der Waals surface area contributed by atoms with Gasteiger partial charge in [-0.1, -0.05) is 13.8 Å². The molecule has 0 bridgehead atoms. The molecule has 1 amide bonds. The van der Waals surface area contributed by atoms with Gasteiger partial charge in [-0.3, -0.25) is 4.79 Å². The SMILES string of the molecule is CC(C)CCNC(=O)CNc1ccc(C#N)cc1Br. The molecule has 0 fully saturated rings. The van der Waals surface area contributed by atoms with E-state index in [1.54, 1.807) is 18.2 Å². The molecule has 0 aromatic heterocycles. The van der Waals surface area contributed by atoms with Crippen LogP contribution in [0.2, 0.25) is 0 Å². The molecule has 0 heterocycles. The Morgan fingerprint density at radius 3 is 2.79 bits per heavy atom. The highest BCUT2D eigenvalue weighted by Crippen LogP contribution is 2.22. The summed E-state index contributed by atoms with van der Waals surface area (Å²) in [6, 6.07) is 7.28. The summed E-state index contributed by atoms with van der Waals surface area (Å²) in [6.45, 7) is 5.17. The van der Waals surface area contributed by atoms with Gasteiger partial charge in [-0.25, -0.2) is 0 Å². The maximum absolute atomic E-state index is 11.6. The molecule has 102 valence electrons. The zero-order chi connectivity index (χ0) is 14.3. The first-order valence-corrected chi connectivity index (χ1v) is 7.02. The predicted molar refractivity (Wildman–Crippen MR) is 79.8 cm³/mol. The van der Waals surface area contributed by atoms with Gasteiger partial charge in [0.25, 0.3) is 0 Å². The van der Waals surface area contributed by atoms with Crippen molar-refractivity contribution in [1.29, 1.82) is 5.26 Å². The molecular weight excluding hydrogens is 306 g/mol. The number of rotatable bonds is 6. The molecule has 5 heteroatoms. The van der Waals surface area contributed by atoms with Crippen LogP contribution < -0.4 is 10.6 Å². The molecule has 0 atom stereocenters. The van der Waals surface area contributed by atoms with Crippen LogP contribution >= 0.6 is 15.9 Å². The zero-order valence-corrected chi connectivity index (χ0v) is 12.8. The van der Waals surface area contributed by atoms with E-state index in [2.05, 4.69) is 46.5 Å². The molecule has 0 saturated carbocycles. The van der Waals surface area contributed by atoms with Crippen molar-refractivity contribution in [2.24, 2.45) is 5.92 Å². The molecule has 0 unspecified atom stereocenters. The minimum absolute atomic E-state index is 0.0306. The third kappa shape index (κ3) is 5.75. The molecule has 19 heavy (non-hydrogen) atoms. The predicted octanol–water partition coefficient (Wildman–Crippen LogP) is 2.89. The average Bonchev–Trinajstić information content (AvgIpc) is 2.36. The molecule has 0 spiro atoms. The average molecular weight is 324 g/mol. The van der Waals surface area contributed by atoms with Crippen molar-refractivity contribution < 1.29 is 4.79 Å². The molecule has 0 aliphatic carbocycles. The van der Waals surface area contributed by atoms with Crippen molar-refractivity contribution in [3.63, 3.8) is 0 Å². The number of halogens is 1. The number of hydrogen-bond donors (Lipinski definition) is 2. The minimum Gasteiger partial charge on any atom is -0.375 e. The highest BCUT2D eigenvalue weighted by molar-refractivity contribution is 9.10. The quantitative estimate of drug-likeness (QED) is 0.846. The fraction of sp³-hybridized carbons (Fsp3) is 0.429. The molecule has 1 aromatic rings. The number of carbonyl (C=O) groups excluding carboxylic acids is 1. The smallest absolute Gasteiger partial charge is 0.239 e. The monoisotopic (exact) mass is 323 g/mol. The number of nitrogens with zero attached hydrogens (tertiary/aromatic N) is 1. The van der Waals surface area contributed by atoms with Crippen LogP contribution in [-0.4, -0.2) is 19.0 Å². The molecule has 4 nitrogen and oxygen atoms in total. The number of anilines is 1.